The quantitative estimate of drug-likeness (QED) is 0.388. The van der Waals surface area contributed by atoms with Crippen LogP contribution in [0.5, 0.6) is 5.75 Å². The smallest absolute Gasteiger partial charge is 0.255 e. The summed E-state index contributed by atoms with van der Waals surface area (Å²) in [5.74, 6) is 0.214. The number of piperidine rings is 2. The summed E-state index contributed by atoms with van der Waals surface area (Å²) in [4.78, 5) is 52.4. The second-order valence-corrected chi connectivity index (χ2v) is 9.85. The first kappa shape index (κ1) is 25.2. The number of carbonyl (C=O) groups excluding carboxylic acids is 4. The van der Waals surface area contributed by atoms with Crippen LogP contribution in [0.4, 0.5) is 0 Å². The van der Waals surface area contributed by atoms with E-state index in [9.17, 15) is 19.2 Å². The van der Waals surface area contributed by atoms with Gasteiger partial charge < -0.3 is 19.9 Å². The highest BCUT2D eigenvalue weighted by Crippen LogP contribution is 2.30. The van der Waals surface area contributed by atoms with Crippen LogP contribution in [0.1, 0.15) is 67.3 Å². The van der Waals surface area contributed by atoms with E-state index in [1.165, 1.54) is 0 Å². The van der Waals surface area contributed by atoms with Crippen LogP contribution in [0.2, 0.25) is 0 Å². The van der Waals surface area contributed by atoms with E-state index in [4.69, 9.17) is 4.74 Å². The maximum absolute atomic E-state index is 12.8. The number of benzene rings is 1. The van der Waals surface area contributed by atoms with Gasteiger partial charge in [-0.05, 0) is 76.0 Å². The van der Waals surface area contributed by atoms with Crippen molar-refractivity contribution in [2.24, 2.45) is 5.92 Å². The third-order valence-electron chi connectivity index (χ3n) is 7.22. The minimum absolute atomic E-state index is 0.165. The van der Waals surface area contributed by atoms with Crippen LogP contribution in [0.25, 0.3) is 0 Å². The number of amides is 4. The summed E-state index contributed by atoms with van der Waals surface area (Å²) in [7, 11) is 2.10. The molecule has 0 bridgehead atoms. The lowest BCUT2D eigenvalue weighted by Gasteiger charge is -2.29. The second kappa shape index (κ2) is 11.7. The van der Waals surface area contributed by atoms with Crippen molar-refractivity contribution in [3.8, 4) is 5.75 Å². The number of unbranched alkanes of at least 4 members (excludes halogenated alkanes) is 3. The average molecular weight is 485 g/mol. The first-order valence-corrected chi connectivity index (χ1v) is 12.8. The molecule has 3 heterocycles. The van der Waals surface area contributed by atoms with Crippen LogP contribution in [-0.4, -0.2) is 72.8 Å². The van der Waals surface area contributed by atoms with Crippen molar-refractivity contribution in [3.63, 3.8) is 0 Å². The van der Waals surface area contributed by atoms with Crippen LogP contribution in [-0.2, 0) is 20.9 Å². The van der Waals surface area contributed by atoms with Crippen molar-refractivity contribution in [1.29, 1.82) is 0 Å². The number of rotatable bonds is 10. The summed E-state index contributed by atoms with van der Waals surface area (Å²) in [6.07, 6.45) is 6.45. The van der Waals surface area contributed by atoms with E-state index in [1.807, 2.05) is 6.07 Å². The normalized spacial score (nSPS) is 21.1. The Bertz CT molecular complexity index is 957. The molecule has 1 aromatic rings. The molecule has 1 atom stereocenters. The van der Waals surface area contributed by atoms with Crippen LogP contribution in [0.3, 0.4) is 0 Å². The van der Waals surface area contributed by atoms with Crippen molar-refractivity contribution in [2.75, 3.05) is 33.3 Å². The second-order valence-electron chi connectivity index (χ2n) is 9.85. The Kier molecular flexibility index (Phi) is 8.38. The van der Waals surface area contributed by atoms with Gasteiger partial charge in [0, 0.05) is 31.0 Å². The Hall–Kier alpha value is -2.94. The number of imide groups is 1. The molecular weight excluding hydrogens is 448 g/mol. The first-order chi connectivity index (χ1) is 16.9. The number of ether oxygens (including phenoxy) is 1. The summed E-state index contributed by atoms with van der Waals surface area (Å²) < 4.78 is 5.89. The third-order valence-corrected chi connectivity index (χ3v) is 7.22. The number of hydrogen-bond acceptors (Lipinski definition) is 6. The minimum Gasteiger partial charge on any atom is -0.494 e. The molecule has 0 aliphatic carbocycles. The summed E-state index contributed by atoms with van der Waals surface area (Å²) in [5, 5.41) is 5.40. The van der Waals surface area contributed by atoms with Gasteiger partial charge in [0.25, 0.3) is 5.91 Å². The van der Waals surface area contributed by atoms with E-state index in [0.717, 1.165) is 63.7 Å². The molecule has 0 aromatic heterocycles. The lowest BCUT2D eigenvalue weighted by atomic mass is 9.96. The number of carbonyl (C=O) groups is 4. The number of fused-ring (bicyclic) bond motifs is 1. The molecule has 0 saturated carbocycles. The number of nitrogens with zero attached hydrogens (tertiary/aromatic N) is 2. The van der Waals surface area contributed by atoms with Gasteiger partial charge >= 0.3 is 0 Å². The van der Waals surface area contributed by atoms with Gasteiger partial charge in [0.2, 0.25) is 17.7 Å². The summed E-state index contributed by atoms with van der Waals surface area (Å²) in [6.45, 7) is 3.66. The molecule has 3 aliphatic rings. The molecule has 190 valence electrons. The number of nitrogens with one attached hydrogen (secondary N) is 2. The third kappa shape index (κ3) is 6.39. The predicted octanol–water partition coefficient (Wildman–Crippen LogP) is 1.84. The summed E-state index contributed by atoms with van der Waals surface area (Å²) in [5.41, 5.74) is 1.43. The van der Waals surface area contributed by atoms with Crippen molar-refractivity contribution in [3.05, 3.63) is 29.3 Å². The topological polar surface area (TPSA) is 108 Å². The standard InChI is InChI=1S/C26H36N4O5/c1-29-13-10-18(11-14-29)24(32)27-12-4-2-3-5-15-35-20-6-7-21-19(16-20)17-30(26(21)34)22-8-9-23(31)28-25(22)33/h6-7,16,18,22H,2-5,8-15,17H2,1H3,(H,27,32)(H,28,31,33). The molecule has 2 saturated heterocycles. The van der Waals surface area contributed by atoms with Gasteiger partial charge in [0.15, 0.2) is 0 Å². The molecule has 4 amide bonds. The Labute approximate surface area is 206 Å². The van der Waals surface area contributed by atoms with Gasteiger partial charge in [0.05, 0.1) is 6.61 Å². The maximum atomic E-state index is 12.8. The Morgan fingerprint density at radius 2 is 1.86 bits per heavy atom. The summed E-state index contributed by atoms with van der Waals surface area (Å²) >= 11 is 0. The van der Waals surface area contributed by atoms with Gasteiger partial charge in [0.1, 0.15) is 11.8 Å². The van der Waals surface area contributed by atoms with Crippen LogP contribution in [0.15, 0.2) is 18.2 Å². The molecule has 35 heavy (non-hydrogen) atoms. The fourth-order valence-corrected chi connectivity index (χ4v) is 5.04. The Morgan fingerprint density at radius 1 is 1.09 bits per heavy atom. The van der Waals surface area contributed by atoms with Crippen LogP contribution in [0, 0.1) is 5.92 Å². The average Bonchev–Trinajstić information content (AvgIpc) is 3.16. The number of likely N-dealkylation sites (tertiary alicyclic amines) is 1. The minimum atomic E-state index is -0.605. The van der Waals surface area contributed by atoms with Crippen molar-refractivity contribution >= 4 is 23.6 Å². The van der Waals surface area contributed by atoms with E-state index in [1.54, 1.807) is 17.0 Å². The molecule has 0 spiro atoms. The van der Waals surface area contributed by atoms with Crippen molar-refractivity contribution < 1.29 is 23.9 Å². The fourth-order valence-electron chi connectivity index (χ4n) is 5.04. The Morgan fingerprint density at radius 3 is 2.63 bits per heavy atom. The largest absolute Gasteiger partial charge is 0.494 e. The van der Waals surface area contributed by atoms with Gasteiger partial charge in [-0.15, -0.1) is 0 Å². The van der Waals surface area contributed by atoms with E-state index < -0.39 is 11.9 Å². The van der Waals surface area contributed by atoms with Gasteiger partial charge in [-0.1, -0.05) is 12.8 Å². The van der Waals surface area contributed by atoms with Gasteiger partial charge in [-0.25, -0.2) is 0 Å². The van der Waals surface area contributed by atoms with E-state index >= 15 is 0 Å². The highest BCUT2D eigenvalue weighted by Gasteiger charge is 2.39. The number of hydrogen-bond donors (Lipinski definition) is 2. The van der Waals surface area contributed by atoms with Crippen LogP contribution >= 0.6 is 0 Å². The van der Waals surface area contributed by atoms with Crippen LogP contribution < -0.4 is 15.4 Å². The molecule has 2 fully saturated rings. The van der Waals surface area contributed by atoms with E-state index in [-0.39, 0.29) is 30.1 Å². The molecule has 1 aromatic carbocycles. The molecule has 9 heteroatoms. The van der Waals surface area contributed by atoms with Crippen molar-refractivity contribution in [1.82, 2.24) is 20.4 Å². The molecule has 9 nitrogen and oxygen atoms in total. The zero-order valence-corrected chi connectivity index (χ0v) is 20.5. The molecule has 0 radical (unpaired) electrons. The van der Waals surface area contributed by atoms with E-state index in [0.29, 0.717) is 30.9 Å². The van der Waals surface area contributed by atoms with Gasteiger partial charge in [-0.2, -0.15) is 0 Å². The molecule has 3 aliphatic heterocycles. The molecule has 2 N–H and O–H groups in total. The Balaban J connectivity index is 1.12. The highest BCUT2D eigenvalue weighted by atomic mass is 16.5. The van der Waals surface area contributed by atoms with Gasteiger partial charge in [-0.3, -0.25) is 24.5 Å². The van der Waals surface area contributed by atoms with E-state index in [2.05, 4.69) is 22.6 Å². The SMILES string of the molecule is CN1CCC(C(=O)NCCCCCCOc2ccc3c(c2)CN(C2CCC(=O)NC2=O)C3=O)CC1. The zero-order valence-electron chi connectivity index (χ0n) is 20.5. The first-order valence-electron chi connectivity index (χ1n) is 12.8. The summed E-state index contributed by atoms with van der Waals surface area (Å²) in [6, 6.07) is 4.82. The predicted molar refractivity (Wildman–Crippen MR) is 130 cm³/mol. The van der Waals surface area contributed by atoms with Crippen molar-refractivity contribution in [2.45, 2.75) is 64.0 Å². The monoisotopic (exact) mass is 484 g/mol. The fraction of sp³-hybridized carbons (Fsp3) is 0.615. The zero-order chi connectivity index (χ0) is 24.8. The molecule has 1 unspecified atom stereocenters. The highest BCUT2D eigenvalue weighted by molar-refractivity contribution is 6.05. The lowest BCUT2D eigenvalue weighted by Crippen LogP contribution is -2.52. The lowest BCUT2D eigenvalue weighted by molar-refractivity contribution is -0.137. The maximum Gasteiger partial charge on any atom is 0.255 e. The molecular formula is C26H36N4O5. The molecule has 4 rings (SSSR count).